The largest absolute Gasteiger partial charge is 0.355 e. The predicted molar refractivity (Wildman–Crippen MR) is 126 cm³/mol. The predicted octanol–water partition coefficient (Wildman–Crippen LogP) is 1.11. The fourth-order valence-electron chi connectivity index (χ4n) is 4.43. The maximum absolute atomic E-state index is 13.7. The van der Waals surface area contributed by atoms with Crippen molar-refractivity contribution < 1.29 is 0 Å². The molecule has 0 aliphatic carbocycles. The van der Waals surface area contributed by atoms with Gasteiger partial charge in [0, 0.05) is 38.9 Å². The van der Waals surface area contributed by atoms with Crippen LogP contribution < -0.4 is 21.9 Å². The Morgan fingerprint density at radius 1 is 1.30 bits per heavy atom. The lowest BCUT2D eigenvalue weighted by molar-refractivity contribution is 0.498. The number of fused-ring (bicyclic) bond motifs is 1. The molecule has 1 aliphatic rings. The van der Waals surface area contributed by atoms with Crippen LogP contribution in [0.4, 0.5) is 5.82 Å². The topological polar surface area (TPSA) is 128 Å². The van der Waals surface area contributed by atoms with E-state index in [2.05, 4.69) is 20.9 Å². The Bertz CT molecular complexity index is 1370. The fourth-order valence-corrected chi connectivity index (χ4v) is 4.43. The molecule has 1 aliphatic heterocycles. The molecule has 10 heteroatoms. The van der Waals surface area contributed by atoms with Gasteiger partial charge >= 0.3 is 5.69 Å². The van der Waals surface area contributed by atoms with Gasteiger partial charge in [-0.2, -0.15) is 5.26 Å². The summed E-state index contributed by atoms with van der Waals surface area (Å²) in [5, 5.41) is 10.1. The maximum atomic E-state index is 13.7. The van der Waals surface area contributed by atoms with Crippen LogP contribution in [-0.2, 0) is 20.1 Å². The first-order valence-corrected chi connectivity index (χ1v) is 11.0. The molecule has 0 amide bonds. The monoisotopic (exact) mass is 448 g/mol. The van der Waals surface area contributed by atoms with Crippen LogP contribution >= 0.6 is 0 Å². The van der Waals surface area contributed by atoms with Crippen LogP contribution in [0.2, 0.25) is 0 Å². The molecule has 4 rings (SSSR count). The summed E-state index contributed by atoms with van der Waals surface area (Å²) in [5.74, 6) is 0.645. The second-order valence-electron chi connectivity index (χ2n) is 8.68. The van der Waals surface area contributed by atoms with E-state index in [4.69, 9.17) is 5.73 Å². The first-order valence-electron chi connectivity index (χ1n) is 11.0. The average molecular weight is 449 g/mol. The number of nitriles is 1. The number of hydrogen-bond acceptors (Lipinski definition) is 7. The highest BCUT2D eigenvalue weighted by atomic mass is 16.2. The molecule has 10 nitrogen and oxygen atoms in total. The van der Waals surface area contributed by atoms with Gasteiger partial charge in [0.05, 0.1) is 17.8 Å². The first-order chi connectivity index (χ1) is 15.8. The van der Waals surface area contributed by atoms with Crippen molar-refractivity contribution in [2.75, 3.05) is 18.0 Å². The Labute approximate surface area is 191 Å². The lowest BCUT2D eigenvalue weighted by Gasteiger charge is -2.33. The number of aromatic nitrogens is 5. The second-order valence-corrected chi connectivity index (χ2v) is 8.68. The zero-order valence-corrected chi connectivity index (χ0v) is 19.2. The van der Waals surface area contributed by atoms with E-state index in [-0.39, 0.29) is 12.6 Å². The van der Waals surface area contributed by atoms with Crippen molar-refractivity contribution in [1.82, 2.24) is 23.7 Å². The SMILES string of the molecule is CC(C)=CCn1c(N2CCC[C@H](N)C2)c(C#N)c2c1c(=O)n(Cc1ccncn1)c(=O)n2C. The third-order valence-electron chi connectivity index (χ3n) is 6.03. The van der Waals surface area contributed by atoms with Crippen molar-refractivity contribution >= 4 is 16.9 Å². The third-order valence-corrected chi connectivity index (χ3v) is 6.03. The minimum Gasteiger partial charge on any atom is -0.355 e. The summed E-state index contributed by atoms with van der Waals surface area (Å²) in [6.07, 6.45) is 6.77. The summed E-state index contributed by atoms with van der Waals surface area (Å²) >= 11 is 0. The van der Waals surface area contributed by atoms with Crippen molar-refractivity contribution in [2.45, 2.75) is 45.8 Å². The summed E-state index contributed by atoms with van der Waals surface area (Å²) in [5.41, 5.74) is 7.93. The molecule has 3 aromatic rings. The van der Waals surface area contributed by atoms with Crippen LogP contribution in [0.15, 0.2) is 39.8 Å². The standard InChI is InChI=1S/C23H28N8O2/c1-15(2)7-10-30-20-19(18(11-24)21(30)29-9-4-5-16(25)12-29)28(3)23(33)31(22(20)32)13-17-6-8-26-14-27-17/h6-8,14,16H,4-5,9-10,12-13,25H2,1-3H3/t16-/m0/s1. The molecule has 3 aromatic heterocycles. The van der Waals surface area contributed by atoms with E-state index in [1.54, 1.807) is 19.3 Å². The molecule has 1 saturated heterocycles. The van der Waals surface area contributed by atoms with E-state index in [0.29, 0.717) is 41.2 Å². The second kappa shape index (κ2) is 9.03. The molecule has 2 N–H and O–H groups in total. The van der Waals surface area contributed by atoms with Crippen LogP contribution in [0.3, 0.4) is 0 Å². The van der Waals surface area contributed by atoms with E-state index in [1.165, 1.54) is 10.9 Å². The molecular formula is C23H28N8O2. The lowest BCUT2D eigenvalue weighted by Crippen LogP contribution is -2.44. The Balaban J connectivity index is 2.04. The van der Waals surface area contributed by atoms with Crippen molar-refractivity contribution in [3.05, 3.63) is 62.3 Å². The molecule has 0 spiro atoms. The minimum atomic E-state index is -0.496. The van der Waals surface area contributed by atoms with Gasteiger partial charge in [-0.05, 0) is 32.8 Å². The highest BCUT2D eigenvalue weighted by Crippen LogP contribution is 2.32. The Morgan fingerprint density at radius 2 is 2.09 bits per heavy atom. The molecule has 33 heavy (non-hydrogen) atoms. The van der Waals surface area contributed by atoms with Gasteiger partial charge < -0.3 is 15.2 Å². The normalized spacial score (nSPS) is 16.1. The van der Waals surface area contributed by atoms with E-state index in [0.717, 1.165) is 29.5 Å². The van der Waals surface area contributed by atoms with Crippen molar-refractivity contribution in [1.29, 1.82) is 5.26 Å². The van der Waals surface area contributed by atoms with Gasteiger partial charge in [-0.3, -0.25) is 13.9 Å². The van der Waals surface area contributed by atoms with Crippen LogP contribution in [0.1, 0.15) is 37.9 Å². The number of allylic oxidation sites excluding steroid dienone is 2. The average Bonchev–Trinajstić information content (AvgIpc) is 3.14. The third kappa shape index (κ3) is 4.07. The van der Waals surface area contributed by atoms with Crippen molar-refractivity contribution in [3.8, 4) is 6.07 Å². The first kappa shape index (κ1) is 22.5. The van der Waals surface area contributed by atoms with Crippen LogP contribution in [0.5, 0.6) is 0 Å². The fraction of sp³-hybridized carbons (Fsp3) is 0.435. The van der Waals surface area contributed by atoms with Gasteiger partial charge in [0.1, 0.15) is 29.3 Å². The van der Waals surface area contributed by atoms with Gasteiger partial charge in [0.2, 0.25) is 0 Å². The molecule has 0 radical (unpaired) electrons. The zero-order valence-electron chi connectivity index (χ0n) is 19.2. The van der Waals surface area contributed by atoms with E-state index < -0.39 is 11.2 Å². The number of nitrogens with zero attached hydrogens (tertiary/aromatic N) is 7. The zero-order chi connectivity index (χ0) is 23.7. The quantitative estimate of drug-likeness (QED) is 0.579. The summed E-state index contributed by atoms with van der Waals surface area (Å²) < 4.78 is 4.41. The molecule has 172 valence electrons. The van der Waals surface area contributed by atoms with Gasteiger partial charge in [-0.25, -0.2) is 14.8 Å². The maximum Gasteiger partial charge on any atom is 0.331 e. The van der Waals surface area contributed by atoms with E-state index in [9.17, 15) is 14.9 Å². The van der Waals surface area contributed by atoms with Crippen molar-refractivity contribution in [3.63, 3.8) is 0 Å². The molecular weight excluding hydrogens is 420 g/mol. The van der Waals surface area contributed by atoms with Gasteiger partial charge in [0.15, 0.2) is 0 Å². The molecule has 0 bridgehead atoms. The lowest BCUT2D eigenvalue weighted by atomic mass is 10.1. The van der Waals surface area contributed by atoms with Gasteiger partial charge in [-0.15, -0.1) is 0 Å². The minimum absolute atomic E-state index is 0.0153. The van der Waals surface area contributed by atoms with Gasteiger partial charge in [-0.1, -0.05) is 11.6 Å². The van der Waals surface area contributed by atoms with Crippen LogP contribution in [0.25, 0.3) is 11.0 Å². The molecule has 1 fully saturated rings. The van der Waals surface area contributed by atoms with Gasteiger partial charge in [0.25, 0.3) is 5.56 Å². The smallest absolute Gasteiger partial charge is 0.331 e. The highest BCUT2D eigenvalue weighted by Gasteiger charge is 2.29. The Morgan fingerprint density at radius 3 is 2.73 bits per heavy atom. The number of piperidine rings is 1. The number of hydrogen-bond donors (Lipinski definition) is 1. The summed E-state index contributed by atoms with van der Waals surface area (Å²) in [6, 6.07) is 3.92. The molecule has 1 atom stereocenters. The van der Waals surface area contributed by atoms with Crippen molar-refractivity contribution in [2.24, 2.45) is 12.8 Å². The van der Waals surface area contributed by atoms with E-state index >= 15 is 0 Å². The summed E-state index contributed by atoms with van der Waals surface area (Å²) in [4.78, 5) is 37.0. The number of anilines is 1. The molecule has 0 aromatic carbocycles. The highest BCUT2D eigenvalue weighted by molar-refractivity contribution is 5.90. The molecule has 0 unspecified atom stereocenters. The van der Waals surface area contributed by atoms with Crippen LogP contribution in [-0.4, -0.2) is 42.8 Å². The molecule has 0 saturated carbocycles. The van der Waals surface area contributed by atoms with E-state index in [1.807, 2.05) is 24.5 Å². The Hall–Kier alpha value is -3.71. The number of rotatable bonds is 5. The summed E-state index contributed by atoms with van der Waals surface area (Å²) in [7, 11) is 1.60. The van der Waals surface area contributed by atoms with Crippen LogP contribution in [0, 0.1) is 11.3 Å². The number of aryl methyl sites for hydroxylation is 1. The summed E-state index contributed by atoms with van der Waals surface area (Å²) in [6.45, 7) is 5.71. The Kier molecular flexibility index (Phi) is 6.16. The molecule has 4 heterocycles. The number of nitrogens with two attached hydrogens (primary N) is 1.